The predicted molar refractivity (Wildman–Crippen MR) is 86.1 cm³/mol. The topological polar surface area (TPSA) is 62.0 Å². The van der Waals surface area contributed by atoms with Crippen molar-refractivity contribution in [3.05, 3.63) is 68.6 Å². The third-order valence-electron chi connectivity index (χ3n) is 4.41. The average molecular weight is 296 g/mol. The lowest BCUT2D eigenvalue weighted by Gasteiger charge is -2.19. The van der Waals surface area contributed by atoms with Gasteiger partial charge in [0, 0.05) is 12.3 Å². The molecule has 4 nitrogen and oxygen atoms in total. The number of pyridine rings is 1. The first-order valence-electron chi connectivity index (χ1n) is 7.55. The summed E-state index contributed by atoms with van der Waals surface area (Å²) in [5.41, 5.74) is 4.74. The molecule has 0 saturated carbocycles. The van der Waals surface area contributed by atoms with Crippen molar-refractivity contribution in [2.24, 2.45) is 5.92 Å². The van der Waals surface area contributed by atoms with Crippen molar-refractivity contribution in [3.8, 4) is 0 Å². The molecular formula is C18H20N2O2. The summed E-state index contributed by atoms with van der Waals surface area (Å²) in [5, 5.41) is 3.13. The van der Waals surface area contributed by atoms with Crippen LogP contribution in [0.2, 0.25) is 0 Å². The van der Waals surface area contributed by atoms with E-state index in [1.165, 1.54) is 29.0 Å². The fourth-order valence-electron chi connectivity index (χ4n) is 3.22. The first-order valence-corrected chi connectivity index (χ1v) is 7.55. The Morgan fingerprint density at radius 3 is 2.77 bits per heavy atom. The van der Waals surface area contributed by atoms with Gasteiger partial charge in [-0.15, -0.1) is 0 Å². The zero-order valence-corrected chi connectivity index (χ0v) is 13.1. The molecule has 0 spiro atoms. The van der Waals surface area contributed by atoms with Crippen LogP contribution >= 0.6 is 0 Å². The van der Waals surface area contributed by atoms with Crippen LogP contribution in [0.3, 0.4) is 0 Å². The van der Waals surface area contributed by atoms with E-state index in [0.29, 0.717) is 17.0 Å². The standard InChI is InChI=1S/C18H20N2O2/c1-10-4-5-13-7-12(3)17(14(13)6-10)20-18(22)15-9-19-16(21)8-11(15)2/h4-6,8-9,12,17H,7H2,1-3H3,(H,19,21)(H,20,22)/t12-,17-/m0/s1. The second-order valence-electron chi connectivity index (χ2n) is 6.23. The SMILES string of the molecule is Cc1ccc2c(c1)[C@@H](NC(=O)c1c[nH]c(=O)cc1C)[C@@H](C)C2. The van der Waals surface area contributed by atoms with Gasteiger partial charge in [0.2, 0.25) is 5.56 Å². The number of hydrogen-bond acceptors (Lipinski definition) is 2. The molecule has 1 heterocycles. The molecule has 0 radical (unpaired) electrons. The number of hydrogen-bond donors (Lipinski definition) is 2. The summed E-state index contributed by atoms with van der Waals surface area (Å²) in [6, 6.07) is 7.89. The number of fused-ring (bicyclic) bond motifs is 1. The molecule has 4 heteroatoms. The number of rotatable bonds is 2. The number of carbonyl (C=O) groups excluding carboxylic acids is 1. The van der Waals surface area contributed by atoms with Crippen LogP contribution in [0.25, 0.3) is 0 Å². The minimum absolute atomic E-state index is 0.0220. The van der Waals surface area contributed by atoms with Crippen molar-refractivity contribution in [1.82, 2.24) is 10.3 Å². The largest absolute Gasteiger partial charge is 0.345 e. The van der Waals surface area contributed by atoms with E-state index < -0.39 is 0 Å². The first kappa shape index (κ1) is 14.6. The molecule has 2 atom stereocenters. The van der Waals surface area contributed by atoms with Gasteiger partial charge in [-0.3, -0.25) is 9.59 Å². The van der Waals surface area contributed by atoms with Crippen LogP contribution in [0.5, 0.6) is 0 Å². The molecule has 0 bridgehead atoms. The molecule has 0 aliphatic heterocycles. The van der Waals surface area contributed by atoms with Crippen molar-refractivity contribution in [2.75, 3.05) is 0 Å². The van der Waals surface area contributed by atoms with Gasteiger partial charge >= 0.3 is 0 Å². The molecule has 1 aliphatic rings. The van der Waals surface area contributed by atoms with Crippen LogP contribution in [-0.4, -0.2) is 10.9 Å². The Hall–Kier alpha value is -2.36. The van der Waals surface area contributed by atoms with Crippen LogP contribution in [0.15, 0.2) is 35.3 Å². The molecule has 3 rings (SSSR count). The lowest BCUT2D eigenvalue weighted by atomic mass is 10.0. The molecule has 2 aromatic rings. The predicted octanol–water partition coefficient (Wildman–Crippen LogP) is 2.66. The highest BCUT2D eigenvalue weighted by Crippen LogP contribution is 2.36. The third kappa shape index (κ3) is 2.56. The van der Waals surface area contributed by atoms with Crippen molar-refractivity contribution in [3.63, 3.8) is 0 Å². The van der Waals surface area contributed by atoms with Crippen molar-refractivity contribution in [2.45, 2.75) is 33.2 Å². The number of aromatic nitrogens is 1. The summed E-state index contributed by atoms with van der Waals surface area (Å²) >= 11 is 0. The van der Waals surface area contributed by atoms with E-state index in [0.717, 1.165) is 6.42 Å². The summed E-state index contributed by atoms with van der Waals surface area (Å²) in [6.07, 6.45) is 2.47. The molecule has 0 saturated heterocycles. The molecule has 1 aromatic carbocycles. The molecule has 1 aromatic heterocycles. The normalized spacial score (nSPS) is 19.8. The van der Waals surface area contributed by atoms with E-state index in [9.17, 15) is 9.59 Å². The quantitative estimate of drug-likeness (QED) is 0.895. The number of nitrogens with one attached hydrogen (secondary N) is 2. The fraction of sp³-hybridized carbons (Fsp3) is 0.333. The van der Waals surface area contributed by atoms with Gasteiger partial charge in [-0.2, -0.15) is 0 Å². The number of benzene rings is 1. The maximum absolute atomic E-state index is 12.5. The summed E-state index contributed by atoms with van der Waals surface area (Å²) in [5.74, 6) is 0.226. The summed E-state index contributed by atoms with van der Waals surface area (Å²) < 4.78 is 0. The minimum Gasteiger partial charge on any atom is -0.345 e. The molecule has 0 unspecified atom stereocenters. The van der Waals surface area contributed by atoms with Crippen molar-refractivity contribution < 1.29 is 4.79 Å². The summed E-state index contributed by atoms with van der Waals surface area (Å²) in [4.78, 5) is 26.4. The Labute approximate surface area is 129 Å². The van der Waals surface area contributed by atoms with Gasteiger partial charge in [0.25, 0.3) is 5.91 Å². The fourth-order valence-corrected chi connectivity index (χ4v) is 3.22. The molecular weight excluding hydrogens is 276 g/mol. The Balaban J connectivity index is 1.89. The Morgan fingerprint density at radius 1 is 1.27 bits per heavy atom. The summed E-state index contributed by atoms with van der Waals surface area (Å²) in [6.45, 7) is 5.99. The Kier molecular flexibility index (Phi) is 3.61. The monoisotopic (exact) mass is 296 g/mol. The van der Waals surface area contributed by atoms with Crippen LogP contribution in [0.4, 0.5) is 0 Å². The molecule has 114 valence electrons. The highest BCUT2D eigenvalue weighted by Gasteiger charge is 2.31. The van der Waals surface area contributed by atoms with E-state index in [-0.39, 0.29) is 17.5 Å². The molecule has 2 N–H and O–H groups in total. The zero-order valence-electron chi connectivity index (χ0n) is 13.1. The van der Waals surface area contributed by atoms with Crippen molar-refractivity contribution >= 4 is 5.91 Å². The van der Waals surface area contributed by atoms with E-state index in [1.54, 1.807) is 6.92 Å². The van der Waals surface area contributed by atoms with Crippen molar-refractivity contribution in [1.29, 1.82) is 0 Å². The number of H-pyrrole nitrogens is 1. The van der Waals surface area contributed by atoms with Gasteiger partial charge < -0.3 is 10.3 Å². The van der Waals surface area contributed by atoms with Gasteiger partial charge in [-0.05, 0) is 42.9 Å². The second kappa shape index (κ2) is 5.44. The summed E-state index contributed by atoms with van der Waals surface area (Å²) in [7, 11) is 0. The lowest BCUT2D eigenvalue weighted by molar-refractivity contribution is 0.0926. The maximum atomic E-state index is 12.5. The van der Waals surface area contributed by atoms with Crippen LogP contribution in [0.1, 0.15) is 45.6 Å². The maximum Gasteiger partial charge on any atom is 0.253 e. The van der Waals surface area contributed by atoms with Crippen LogP contribution in [0, 0.1) is 19.8 Å². The zero-order chi connectivity index (χ0) is 15.9. The van der Waals surface area contributed by atoms with Gasteiger partial charge in [0.15, 0.2) is 0 Å². The van der Waals surface area contributed by atoms with E-state index in [2.05, 4.69) is 42.3 Å². The number of amides is 1. The van der Waals surface area contributed by atoms with E-state index >= 15 is 0 Å². The molecule has 1 amide bonds. The highest BCUT2D eigenvalue weighted by atomic mass is 16.2. The number of carbonyl (C=O) groups is 1. The minimum atomic E-state index is -0.191. The first-order chi connectivity index (χ1) is 10.5. The number of aromatic amines is 1. The molecule has 22 heavy (non-hydrogen) atoms. The molecule has 1 aliphatic carbocycles. The lowest BCUT2D eigenvalue weighted by Crippen LogP contribution is -2.31. The second-order valence-corrected chi connectivity index (χ2v) is 6.23. The van der Waals surface area contributed by atoms with E-state index in [1.807, 2.05) is 0 Å². The Morgan fingerprint density at radius 2 is 2.05 bits per heavy atom. The van der Waals surface area contributed by atoms with Gasteiger partial charge in [-0.25, -0.2) is 0 Å². The molecule has 0 fully saturated rings. The third-order valence-corrected chi connectivity index (χ3v) is 4.41. The Bertz CT molecular complexity index is 792. The average Bonchev–Trinajstić information content (AvgIpc) is 2.75. The van der Waals surface area contributed by atoms with Crippen LogP contribution in [-0.2, 0) is 6.42 Å². The smallest absolute Gasteiger partial charge is 0.253 e. The number of aryl methyl sites for hydroxylation is 2. The van der Waals surface area contributed by atoms with Gasteiger partial charge in [0.05, 0.1) is 11.6 Å². The van der Waals surface area contributed by atoms with E-state index in [4.69, 9.17) is 0 Å². The highest BCUT2D eigenvalue weighted by molar-refractivity contribution is 5.95. The van der Waals surface area contributed by atoms with Crippen LogP contribution < -0.4 is 10.9 Å². The van der Waals surface area contributed by atoms with Gasteiger partial charge in [0.1, 0.15) is 0 Å². The van der Waals surface area contributed by atoms with Gasteiger partial charge in [-0.1, -0.05) is 30.7 Å².